The van der Waals surface area contributed by atoms with E-state index >= 15 is 0 Å². The summed E-state index contributed by atoms with van der Waals surface area (Å²) in [6.45, 7) is 2.71. The third-order valence-corrected chi connectivity index (χ3v) is 3.61. The number of carbonyl (C=O) groups excluding carboxylic acids is 1. The average molecular weight is 334 g/mol. The van der Waals surface area contributed by atoms with E-state index in [1.807, 2.05) is 37.3 Å². The predicted molar refractivity (Wildman–Crippen MR) is 94.1 cm³/mol. The molecule has 1 amide bonds. The van der Waals surface area contributed by atoms with Crippen molar-refractivity contribution < 1.29 is 9.53 Å². The normalized spacial score (nSPS) is 10.3. The molecule has 0 aliphatic heterocycles. The zero-order valence-corrected chi connectivity index (χ0v) is 14.1. The number of fused-ring (bicyclic) bond motifs is 1. The largest absolute Gasteiger partial charge is 0.372 e. The minimum Gasteiger partial charge on any atom is -0.372 e. The van der Waals surface area contributed by atoms with Gasteiger partial charge in [0.15, 0.2) is 5.65 Å². The first-order chi connectivity index (χ1) is 12.2. The molecule has 6 nitrogen and oxygen atoms in total. The minimum atomic E-state index is -0.197. The molecule has 0 aliphatic carbocycles. The number of carbonyl (C=O) groups is 1. The van der Waals surface area contributed by atoms with E-state index in [1.165, 1.54) is 6.20 Å². The van der Waals surface area contributed by atoms with Gasteiger partial charge < -0.3 is 10.1 Å². The molecule has 0 aliphatic rings. The molecule has 0 bridgehead atoms. The first-order valence-corrected chi connectivity index (χ1v) is 7.83. The van der Waals surface area contributed by atoms with Crippen LogP contribution in [0.25, 0.3) is 5.65 Å². The minimum absolute atomic E-state index is 0.197. The second-order valence-corrected chi connectivity index (χ2v) is 5.51. The molecular weight excluding hydrogens is 316 g/mol. The molecule has 0 spiro atoms. The van der Waals surface area contributed by atoms with Crippen molar-refractivity contribution in [3.05, 3.63) is 65.1 Å². The maximum Gasteiger partial charge on any atom is 0.257 e. The van der Waals surface area contributed by atoms with Gasteiger partial charge in [0.2, 0.25) is 0 Å². The maximum absolute atomic E-state index is 12.4. The van der Waals surface area contributed by atoms with Crippen LogP contribution in [-0.4, -0.2) is 34.2 Å². The molecule has 3 aromatic rings. The Morgan fingerprint density at radius 1 is 1.28 bits per heavy atom. The van der Waals surface area contributed by atoms with Crippen molar-refractivity contribution in [1.29, 1.82) is 0 Å². The van der Waals surface area contributed by atoms with Crippen molar-refractivity contribution in [2.75, 3.05) is 13.7 Å². The number of aryl methyl sites for hydroxylation is 1. The quantitative estimate of drug-likeness (QED) is 0.741. The Morgan fingerprint density at radius 3 is 2.84 bits per heavy atom. The van der Waals surface area contributed by atoms with Gasteiger partial charge in [-0.3, -0.25) is 4.79 Å². The van der Waals surface area contributed by atoms with Gasteiger partial charge in [-0.25, -0.2) is 9.50 Å². The molecule has 126 valence electrons. The Labute approximate surface area is 145 Å². The Kier molecular flexibility index (Phi) is 5.07. The van der Waals surface area contributed by atoms with Gasteiger partial charge in [0.05, 0.1) is 6.20 Å². The molecule has 0 saturated carbocycles. The molecule has 0 unspecified atom stereocenters. The summed E-state index contributed by atoms with van der Waals surface area (Å²) in [6.07, 6.45) is 3.32. The number of hydrogen-bond acceptors (Lipinski definition) is 4. The number of aromatic nitrogens is 3. The van der Waals surface area contributed by atoms with Gasteiger partial charge in [-0.1, -0.05) is 24.0 Å². The molecule has 1 N–H and O–H groups in total. The van der Waals surface area contributed by atoms with E-state index in [2.05, 4.69) is 27.2 Å². The second kappa shape index (κ2) is 7.60. The summed E-state index contributed by atoms with van der Waals surface area (Å²) in [5.74, 6) is 5.71. The van der Waals surface area contributed by atoms with Gasteiger partial charge in [-0.15, -0.1) is 0 Å². The molecule has 2 heterocycles. The molecule has 0 saturated heterocycles. The van der Waals surface area contributed by atoms with Gasteiger partial charge in [0.25, 0.3) is 5.91 Å². The fourth-order valence-corrected chi connectivity index (χ4v) is 2.31. The number of rotatable bonds is 4. The first-order valence-electron chi connectivity index (χ1n) is 7.83. The smallest absolute Gasteiger partial charge is 0.257 e. The highest BCUT2D eigenvalue weighted by atomic mass is 16.5. The Morgan fingerprint density at radius 2 is 2.08 bits per heavy atom. The number of nitrogens with one attached hydrogen (secondary N) is 1. The van der Waals surface area contributed by atoms with Crippen LogP contribution in [-0.2, 0) is 11.3 Å². The molecule has 2 aromatic heterocycles. The van der Waals surface area contributed by atoms with Crippen LogP contribution in [0.1, 0.15) is 27.2 Å². The molecule has 0 fully saturated rings. The fraction of sp³-hybridized carbons (Fsp3) is 0.211. The standard InChI is InChI=1S/C19H18N4O2/c1-14-9-10-23-18(22-14)17(13-21-23)19(24)20-12-16-7-5-15(6-8-16)4-3-11-25-2/h5-10,13H,11-12H2,1-2H3,(H,20,24). The summed E-state index contributed by atoms with van der Waals surface area (Å²) in [4.78, 5) is 16.8. The topological polar surface area (TPSA) is 68.5 Å². The maximum atomic E-state index is 12.4. The van der Waals surface area contributed by atoms with Gasteiger partial charge in [-0.05, 0) is 30.7 Å². The molecule has 0 atom stereocenters. The van der Waals surface area contributed by atoms with Gasteiger partial charge in [-0.2, -0.15) is 5.10 Å². The number of hydrogen-bond donors (Lipinski definition) is 1. The Balaban J connectivity index is 1.66. The summed E-state index contributed by atoms with van der Waals surface area (Å²) < 4.78 is 6.49. The molecule has 1 aromatic carbocycles. The molecule has 3 rings (SSSR count). The summed E-state index contributed by atoms with van der Waals surface area (Å²) in [6, 6.07) is 9.57. The zero-order chi connectivity index (χ0) is 17.6. The predicted octanol–water partition coefficient (Wildman–Crippen LogP) is 1.97. The van der Waals surface area contributed by atoms with Crippen LogP contribution in [0, 0.1) is 18.8 Å². The lowest BCUT2D eigenvalue weighted by Gasteiger charge is -2.04. The van der Waals surface area contributed by atoms with E-state index in [1.54, 1.807) is 17.8 Å². The van der Waals surface area contributed by atoms with Crippen molar-refractivity contribution in [2.24, 2.45) is 0 Å². The van der Waals surface area contributed by atoms with Gasteiger partial charge in [0, 0.05) is 31.1 Å². The molecule has 0 radical (unpaired) electrons. The van der Waals surface area contributed by atoms with Crippen molar-refractivity contribution in [2.45, 2.75) is 13.5 Å². The average Bonchev–Trinajstić information content (AvgIpc) is 3.04. The summed E-state index contributed by atoms with van der Waals surface area (Å²) in [7, 11) is 1.61. The molecule has 6 heteroatoms. The summed E-state index contributed by atoms with van der Waals surface area (Å²) >= 11 is 0. The number of ether oxygens (including phenoxy) is 1. The lowest BCUT2D eigenvalue weighted by molar-refractivity contribution is 0.0952. The van der Waals surface area contributed by atoms with E-state index in [0.29, 0.717) is 24.4 Å². The van der Waals surface area contributed by atoms with Crippen LogP contribution in [0.2, 0.25) is 0 Å². The first kappa shape index (κ1) is 16.7. The fourth-order valence-electron chi connectivity index (χ4n) is 2.31. The van der Waals surface area contributed by atoms with Crippen molar-refractivity contribution in [1.82, 2.24) is 19.9 Å². The molecular formula is C19H18N4O2. The van der Waals surface area contributed by atoms with Crippen LogP contribution in [0.5, 0.6) is 0 Å². The van der Waals surface area contributed by atoms with Crippen LogP contribution < -0.4 is 5.32 Å². The third kappa shape index (κ3) is 4.03. The monoisotopic (exact) mass is 334 g/mol. The van der Waals surface area contributed by atoms with E-state index in [9.17, 15) is 4.79 Å². The Hall–Kier alpha value is -3.17. The van der Waals surface area contributed by atoms with Gasteiger partial charge in [0.1, 0.15) is 12.2 Å². The van der Waals surface area contributed by atoms with Crippen molar-refractivity contribution in [3.8, 4) is 11.8 Å². The second-order valence-electron chi connectivity index (χ2n) is 5.51. The van der Waals surface area contributed by atoms with E-state index in [-0.39, 0.29) is 5.91 Å². The van der Waals surface area contributed by atoms with Gasteiger partial charge >= 0.3 is 0 Å². The SMILES string of the molecule is COCC#Cc1ccc(CNC(=O)c2cnn3ccc(C)nc23)cc1. The summed E-state index contributed by atoms with van der Waals surface area (Å²) in [5.41, 5.74) is 3.76. The van der Waals surface area contributed by atoms with Crippen molar-refractivity contribution >= 4 is 11.6 Å². The third-order valence-electron chi connectivity index (χ3n) is 3.61. The van der Waals surface area contributed by atoms with Crippen LogP contribution >= 0.6 is 0 Å². The van der Waals surface area contributed by atoms with Crippen LogP contribution in [0.15, 0.2) is 42.7 Å². The van der Waals surface area contributed by atoms with E-state index in [4.69, 9.17) is 4.74 Å². The number of benzene rings is 1. The summed E-state index contributed by atoms with van der Waals surface area (Å²) in [5, 5.41) is 7.05. The Bertz CT molecular complexity index is 949. The highest BCUT2D eigenvalue weighted by molar-refractivity contribution is 5.99. The molecule has 25 heavy (non-hydrogen) atoms. The van der Waals surface area contributed by atoms with Crippen molar-refractivity contribution in [3.63, 3.8) is 0 Å². The van der Waals surface area contributed by atoms with E-state index in [0.717, 1.165) is 16.8 Å². The zero-order valence-electron chi connectivity index (χ0n) is 14.1. The lowest BCUT2D eigenvalue weighted by Crippen LogP contribution is -2.22. The van der Waals surface area contributed by atoms with Crippen LogP contribution in [0.4, 0.5) is 0 Å². The van der Waals surface area contributed by atoms with E-state index < -0.39 is 0 Å². The highest BCUT2D eigenvalue weighted by Gasteiger charge is 2.13. The highest BCUT2D eigenvalue weighted by Crippen LogP contribution is 2.09. The number of methoxy groups -OCH3 is 1. The number of amides is 1. The van der Waals surface area contributed by atoms with Crippen LogP contribution in [0.3, 0.4) is 0 Å². The number of nitrogens with zero attached hydrogens (tertiary/aromatic N) is 3. The lowest BCUT2D eigenvalue weighted by atomic mass is 10.1.